The average Bonchev–Trinajstić information content (AvgIpc) is 3.03. The van der Waals surface area contributed by atoms with E-state index in [0.717, 1.165) is 0 Å². The minimum Gasteiger partial charge on any atom is -0.496 e. The Kier molecular flexibility index (Phi) is 5.74. The van der Waals surface area contributed by atoms with Gasteiger partial charge in [-0.2, -0.15) is 0 Å². The lowest BCUT2D eigenvalue weighted by Crippen LogP contribution is -2.43. The van der Waals surface area contributed by atoms with Crippen LogP contribution in [0.25, 0.3) is 0 Å². The molecule has 0 unspecified atom stereocenters. The van der Waals surface area contributed by atoms with Gasteiger partial charge in [-0.15, -0.1) is 0 Å². The number of sulfonamides is 1. The molecule has 2 heterocycles. The number of methoxy groups -OCH3 is 1. The van der Waals surface area contributed by atoms with E-state index in [1.54, 1.807) is 29.2 Å². The number of carbonyl (C=O) groups excluding carboxylic acids is 3. The first-order valence-corrected chi connectivity index (χ1v) is 11.7. The minimum atomic E-state index is -3.97. The van der Waals surface area contributed by atoms with Crippen LogP contribution in [0, 0.1) is 5.92 Å². The SMILES string of the molecule is COc1ccc(S(N)(=O)=O)cc1C(=O)N1CCC(CN2C(=O)c3ccccc3C2=O)CC1. The lowest BCUT2D eigenvalue weighted by atomic mass is 9.95. The van der Waals surface area contributed by atoms with Gasteiger partial charge < -0.3 is 9.64 Å². The van der Waals surface area contributed by atoms with Gasteiger partial charge in [0.05, 0.1) is 28.7 Å². The highest BCUT2D eigenvalue weighted by Gasteiger charge is 2.37. The largest absolute Gasteiger partial charge is 0.496 e. The third-order valence-electron chi connectivity index (χ3n) is 5.95. The molecule has 32 heavy (non-hydrogen) atoms. The van der Waals surface area contributed by atoms with Crippen LogP contribution in [0.1, 0.15) is 43.9 Å². The summed E-state index contributed by atoms with van der Waals surface area (Å²) >= 11 is 0. The highest BCUT2D eigenvalue weighted by atomic mass is 32.2. The number of nitrogens with zero attached hydrogens (tertiary/aromatic N) is 2. The Bertz CT molecular complexity index is 1170. The van der Waals surface area contributed by atoms with E-state index in [-0.39, 0.29) is 39.8 Å². The number of hydrogen-bond acceptors (Lipinski definition) is 6. The van der Waals surface area contributed by atoms with E-state index < -0.39 is 10.0 Å². The molecule has 0 atom stereocenters. The Labute approximate surface area is 185 Å². The molecule has 0 saturated carbocycles. The number of primary sulfonamides is 1. The summed E-state index contributed by atoms with van der Waals surface area (Å²) in [5, 5.41) is 5.19. The highest BCUT2D eigenvalue weighted by Crippen LogP contribution is 2.29. The van der Waals surface area contributed by atoms with Crippen LogP contribution in [-0.4, -0.2) is 62.7 Å². The Morgan fingerprint density at radius 1 is 1.06 bits per heavy atom. The summed E-state index contributed by atoms with van der Waals surface area (Å²) in [5.41, 5.74) is 0.969. The van der Waals surface area contributed by atoms with Crippen molar-refractivity contribution in [3.63, 3.8) is 0 Å². The maximum atomic E-state index is 13.1. The second-order valence-electron chi connectivity index (χ2n) is 7.91. The molecule has 1 fully saturated rings. The third-order valence-corrected chi connectivity index (χ3v) is 6.86. The van der Waals surface area contributed by atoms with Crippen molar-refractivity contribution in [2.75, 3.05) is 26.7 Å². The molecule has 4 rings (SSSR count). The van der Waals surface area contributed by atoms with Crippen LogP contribution in [0.15, 0.2) is 47.4 Å². The number of carbonyl (C=O) groups is 3. The first-order chi connectivity index (χ1) is 15.2. The molecule has 3 amide bonds. The molecule has 2 aliphatic rings. The number of ether oxygens (including phenoxy) is 1. The molecule has 2 aromatic rings. The number of fused-ring (bicyclic) bond motifs is 1. The highest BCUT2D eigenvalue weighted by molar-refractivity contribution is 7.89. The number of amides is 3. The fraction of sp³-hybridized carbons (Fsp3) is 0.318. The smallest absolute Gasteiger partial charge is 0.261 e. The average molecular weight is 458 g/mol. The van der Waals surface area contributed by atoms with Crippen molar-refractivity contribution >= 4 is 27.7 Å². The summed E-state index contributed by atoms with van der Waals surface area (Å²) < 4.78 is 28.6. The van der Waals surface area contributed by atoms with Gasteiger partial charge in [0.2, 0.25) is 10.0 Å². The van der Waals surface area contributed by atoms with Crippen molar-refractivity contribution in [3.05, 3.63) is 59.2 Å². The van der Waals surface area contributed by atoms with Gasteiger partial charge >= 0.3 is 0 Å². The molecule has 10 heteroatoms. The van der Waals surface area contributed by atoms with Gasteiger partial charge in [0, 0.05) is 19.6 Å². The molecular formula is C22H23N3O6S. The number of benzene rings is 2. The summed E-state index contributed by atoms with van der Waals surface area (Å²) in [6.45, 7) is 1.13. The molecule has 9 nitrogen and oxygen atoms in total. The molecule has 0 radical (unpaired) electrons. The maximum Gasteiger partial charge on any atom is 0.261 e. The molecule has 2 aromatic carbocycles. The van der Waals surface area contributed by atoms with Gasteiger partial charge in [-0.3, -0.25) is 19.3 Å². The van der Waals surface area contributed by atoms with Crippen LogP contribution < -0.4 is 9.88 Å². The van der Waals surface area contributed by atoms with E-state index in [2.05, 4.69) is 0 Å². The van der Waals surface area contributed by atoms with Crippen LogP contribution >= 0.6 is 0 Å². The summed E-state index contributed by atoms with van der Waals surface area (Å²) in [5.74, 6) is -0.594. The molecule has 168 valence electrons. The van der Waals surface area contributed by atoms with E-state index in [4.69, 9.17) is 9.88 Å². The zero-order valence-electron chi connectivity index (χ0n) is 17.5. The Morgan fingerprint density at radius 2 is 1.66 bits per heavy atom. The summed E-state index contributed by atoms with van der Waals surface area (Å²) in [6.07, 6.45) is 1.21. The van der Waals surface area contributed by atoms with Gasteiger partial charge in [0.25, 0.3) is 17.7 Å². The molecule has 2 aliphatic heterocycles. The number of imide groups is 1. The second-order valence-corrected chi connectivity index (χ2v) is 9.47. The first kappa shape index (κ1) is 22.0. The molecule has 0 aliphatic carbocycles. The van der Waals surface area contributed by atoms with Crippen molar-refractivity contribution in [2.45, 2.75) is 17.7 Å². The number of piperidine rings is 1. The molecule has 0 aromatic heterocycles. The second kappa shape index (κ2) is 8.36. The zero-order chi connectivity index (χ0) is 23.0. The minimum absolute atomic E-state index is 0.0684. The normalized spacial score (nSPS) is 16.9. The molecular weight excluding hydrogens is 434 g/mol. The van der Waals surface area contributed by atoms with Crippen LogP contribution in [0.2, 0.25) is 0 Å². The van der Waals surface area contributed by atoms with E-state index in [1.165, 1.54) is 30.2 Å². The number of hydrogen-bond donors (Lipinski definition) is 1. The van der Waals surface area contributed by atoms with Crippen molar-refractivity contribution < 1.29 is 27.5 Å². The Morgan fingerprint density at radius 3 is 2.19 bits per heavy atom. The van der Waals surface area contributed by atoms with E-state index in [1.807, 2.05) is 0 Å². The topological polar surface area (TPSA) is 127 Å². The number of likely N-dealkylation sites (tertiary alicyclic amines) is 1. The maximum absolute atomic E-state index is 13.1. The van der Waals surface area contributed by atoms with Crippen molar-refractivity contribution in [3.8, 4) is 5.75 Å². The monoisotopic (exact) mass is 457 g/mol. The van der Waals surface area contributed by atoms with Gasteiger partial charge in [-0.1, -0.05) is 12.1 Å². The van der Waals surface area contributed by atoms with Crippen LogP contribution in [0.4, 0.5) is 0 Å². The first-order valence-electron chi connectivity index (χ1n) is 10.2. The van der Waals surface area contributed by atoms with Gasteiger partial charge in [-0.25, -0.2) is 13.6 Å². The van der Waals surface area contributed by atoms with Crippen LogP contribution in [0.3, 0.4) is 0 Å². The number of rotatable bonds is 5. The predicted molar refractivity (Wildman–Crippen MR) is 115 cm³/mol. The molecule has 0 spiro atoms. The van der Waals surface area contributed by atoms with Crippen molar-refractivity contribution in [1.29, 1.82) is 0 Å². The molecule has 2 N–H and O–H groups in total. The van der Waals surface area contributed by atoms with Gasteiger partial charge in [-0.05, 0) is 49.1 Å². The predicted octanol–water partition coefficient (Wildman–Crippen LogP) is 1.49. The fourth-order valence-corrected chi connectivity index (χ4v) is 4.72. The van der Waals surface area contributed by atoms with E-state index >= 15 is 0 Å². The standard InChI is InChI=1S/C22H23N3O6S/c1-31-19-7-6-15(32(23,29)30)12-18(19)20(26)24-10-8-14(9-11-24)13-25-21(27)16-4-2-3-5-17(16)22(25)28/h2-7,12,14H,8-11,13H2,1H3,(H2,23,29,30). The van der Waals surface area contributed by atoms with Gasteiger partial charge in [0.1, 0.15) is 5.75 Å². The summed E-state index contributed by atoms with van der Waals surface area (Å²) in [4.78, 5) is 41.0. The van der Waals surface area contributed by atoms with Crippen LogP contribution in [-0.2, 0) is 10.0 Å². The van der Waals surface area contributed by atoms with Crippen molar-refractivity contribution in [1.82, 2.24) is 9.80 Å². The lowest BCUT2D eigenvalue weighted by Gasteiger charge is -2.33. The Balaban J connectivity index is 1.43. The van der Waals surface area contributed by atoms with Gasteiger partial charge in [0.15, 0.2) is 0 Å². The zero-order valence-corrected chi connectivity index (χ0v) is 18.3. The Hall–Kier alpha value is -3.24. The third kappa shape index (κ3) is 3.98. The molecule has 1 saturated heterocycles. The van der Waals surface area contributed by atoms with E-state index in [0.29, 0.717) is 43.6 Å². The lowest BCUT2D eigenvalue weighted by molar-refractivity contribution is 0.0556. The summed E-state index contributed by atoms with van der Waals surface area (Å²) in [6, 6.07) is 10.7. The van der Waals surface area contributed by atoms with Crippen molar-refractivity contribution in [2.24, 2.45) is 11.1 Å². The number of nitrogens with two attached hydrogens (primary N) is 1. The quantitative estimate of drug-likeness (QED) is 0.678. The fourth-order valence-electron chi connectivity index (χ4n) is 4.18. The van der Waals surface area contributed by atoms with Crippen LogP contribution in [0.5, 0.6) is 5.75 Å². The van der Waals surface area contributed by atoms with E-state index in [9.17, 15) is 22.8 Å². The molecule has 0 bridgehead atoms. The summed E-state index contributed by atoms with van der Waals surface area (Å²) in [7, 11) is -2.57.